The Morgan fingerprint density at radius 1 is 0.778 bits per heavy atom. The molecule has 2 heterocycles. The highest BCUT2D eigenvalue weighted by molar-refractivity contribution is 5.83. The first-order chi connectivity index (χ1) is 21.2. The van der Waals surface area contributed by atoms with Gasteiger partial charge in [0.05, 0.1) is 5.56 Å². The van der Waals surface area contributed by atoms with Gasteiger partial charge >= 0.3 is 17.9 Å². The predicted octanol–water partition coefficient (Wildman–Crippen LogP) is 8.60. The van der Waals surface area contributed by atoms with Gasteiger partial charge in [0.15, 0.2) is 12.2 Å². The van der Waals surface area contributed by atoms with Crippen LogP contribution < -0.4 is 10.4 Å². The predicted molar refractivity (Wildman–Crippen MR) is 169 cm³/mol. The summed E-state index contributed by atoms with van der Waals surface area (Å²) in [6.45, 7) is 16.4. The SMILES string of the molecule is CC(C)[C@@H]1CC[C@@H](C)C[C@H]1OC(=O)O[C@@H]1c2c(ccc3ccc(=O)oc23)OC(C)(C)[C@@H]1OC(=O)O[C@@H]1C[C@H](C)CC[C@H]1C(C)C. The van der Waals surface area contributed by atoms with Crippen molar-refractivity contribution >= 4 is 23.3 Å². The summed E-state index contributed by atoms with van der Waals surface area (Å²) in [5.41, 5.74) is -1.21. The maximum absolute atomic E-state index is 13.6. The van der Waals surface area contributed by atoms with E-state index in [2.05, 4.69) is 41.5 Å². The van der Waals surface area contributed by atoms with Crippen LogP contribution in [0.4, 0.5) is 9.59 Å². The van der Waals surface area contributed by atoms with Crippen molar-refractivity contribution in [2.75, 3.05) is 0 Å². The van der Waals surface area contributed by atoms with E-state index in [-0.39, 0.29) is 29.6 Å². The molecule has 0 bridgehead atoms. The monoisotopic (exact) mass is 626 g/mol. The highest BCUT2D eigenvalue weighted by atomic mass is 16.8. The summed E-state index contributed by atoms with van der Waals surface area (Å²) in [5, 5.41) is 0.608. The summed E-state index contributed by atoms with van der Waals surface area (Å²) in [5.74, 6) is 2.31. The zero-order chi connectivity index (χ0) is 32.6. The standard InChI is InChI=1S/C36H50O9/c1-19(2)24-13-9-21(5)17-27(24)40-34(38)43-32-30-26(15-11-23-12-16-29(37)42-31(23)30)45-36(7,8)33(32)44-35(39)41-28-18-22(6)10-14-25(28)20(3)4/h11-12,15-16,19-22,24-25,27-28,32-33H,9-10,13-14,17-18H2,1-8H3/t21-,22-,24+,25+,27-,28-,32-,33-/m1/s1. The van der Waals surface area contributed by atoms with Gasteiger partial charge in [-0.05, 0) is 93.2 Å². The molecule has 5 rings (SSSR count). The smallest absolute Gasteiger partial charge is 0.483 e. The molecule has 2 saturated carbocycles. The summed E-state index contributed by atoms with van der Waals surface area (Å²) in [7, 11) is 0. The van der Waals surface area contributed by atoms with Gasteiger partial charge in [-0.15, -0.1) is 0 Å². The van der Waals surface area contributed by atoms with Crippen molar-refractivity contribution < 1.29 is 37.7 Å². The van der Waals surface area contributed by atoms with Gasteiger partial charge in [-0.3, -0.25) is 0 Å². The van der Waals surface area contributed by atoms with Crippen LogP contribution in [0.1, 0.15) is 106 Å². The lowest BCUT2D eigenvalue weighted by Gasteiger charge is -2.43. The molecule has 1 aromatic heterocycles. The van der Waals surface area contributed by atoms with Crippen LogP contribution in [0.5, 0.6) is 5.75 Å². The number of carbonyl (C=O) groups is 2. The van der Waals surface area contributed by atoms with E-state index in [9.17, 15) is 14.4 Å². The molecule has 0 amide bonds. The average molecular weight is 627 g/mol. The molecule has 1 aromatic carbocycles. The van der Waals surface area contributed by atoms with E-state index in [1.54, 1.807) is 32.0 Å². The van der Waals surface area contributed by atoms with Crippen LogP contribution in [-0.4, -0.2) is 36.2 Å². The molecule has 2 aliphatic carbocycles. The van der Waals surface area contributed by atoms with Crippen molar-refractivity contribution in [1.29, 1.82) is 0 Å². The molecule has 8 atom stereocenters. The van der Waals surface area contributed by atoms with Crippen LogP contribution in [0.2, 0.25) is 0 Å². The van der Waals surface area contributed by atoms with Gasteiger partial charge in [0.25, 0.3) is 0 Å². The molecule has 2 aromatic rings. The van der Waals surface area contributed by atoms with E-state index in [0.29, 0.717) is 40.4 Å². The Morgan fingerprint density at radius 3 is 1.87 bits per heavy atom. The van der Waals surface area contributed by atoms with Gasteiger partial charge in [-0.25, -0.2) is 14.4 Å². The van der Waals surface area contributed by atoms with Crippen molar-refractivity contribution in [3.8, 4) is 5.75 Å². The molecule has 248 valence electrons. The second-order valence-electron chi connectivity index (χ2n) is 14.9. The largest absolute Gasteiger partial charge is 0.509 e. The summed E-state index contributed by atoms with van der Waals surface area (Å²) in [6, 6.07) is 6.47. The Labute approximate surface area is 266 Å². The highest BCUT2D eigenvalue weighted by Crippen LogP contribution is 2.47. The minimum atomic E-state index is -1.19. The van der Waals surface area contributed by atoms with Crippen LogP contribution in [0.15, 0.2) is 33.5 Å². The van der Waals surface area contributed by atoms with Crippen molar-refractivity contribution in [1.82, 2.24) is 0 Å². The van der Waals surface area contributed by atoms with Crippen molar-refractivity contribution in [3.63, 3.8) is 0 Å². The minimum absolute atomic E-state index is 0.197. The third kappa shape index (κ3) is 7.28. The van der Waals surface area contributed by atoms with Crippen LogP contribution in [0.3, 0.4) is 0 Å². The second kappa shape index (κ2) is 13.2. The fourth-order valence-electron chi connectivity index (χ4n) is 7.69. The van der Waals surface area contributed by atoms with Crippen LogP contribution in [0, 0.1) is 35.5 Å². The molecular weight excluding hydrogens is 576 g/mol. The van der Waals surface area contributed by atoms with Gasteiger partial charge in [0.1, 0.15) is 29.1 Å². The summed E-state index contributed by atoms with van der Waals surface area (Å²) in [4.78, 5) is 39.5. The normalized spacial score (nSPS) is 31.2. The van der Waals surface area contributed by atoms with E-state index in [4.69, 9.17) is 28.1 Å². The summed E-state index contributed by atoms with van der Waals surface area (Å²) >= 11 is 0. The molecule has 1 aliphatic heterocycles. The van der Waals surface area contributed by atoms with E-state index in [1.165, 1.54) is 6.07 Å². The van der Waals surface area contributed by atoms with Gasteiger partial charge in [-0.1, -0.05) is 54.4 Å². The van der Waals surface area contributed by atoms with E-state index < -0.39 is 35.7 Å². The molecule has 0 unspecified atom stereocenters. The molecule has 3 aliphatic rings. The number of hydrogen-bond acceptors (Lipinski definition) is 9. The Hall–Kier alpha value is -3.23. The van der Waals surface area contributed by atoms with Crippen molar-refractivity contribution in [2.45, 2.75) is 124 Å². The highest BCUT2D eigenvalue weighted by Gasteiger charge is 2.51. The van der Waals surface area contributed by atoms with Crippen LogP contribution in [-0.2, 0) is 18.9 Å². The first-order valence-corrected chi connectivity index (χ1v) is 16.7. The maximum atomic E-state index is 13.6. The van der Waals surface area contributed by atoms with Gasteiger partial charge < -0.3 is 28.1 Å². The van der Waals surface area contributed by atoms with E-state index in [1.807, 2.05) is 0 Å². The first-order valence-electron chi connectivity index (χ1n) is 16.7. The van der Waals surface area contributed by atoms with Crippen LogP contribution in [0.25, 0.3) is 11.0 Å². The third-order valence-corrected chi connectivity index (χ3v) is 10.3. The molecule has 9 heteroatoms. The number of ether oxygens (including phenoxy) is 5. The lowest BCUT2D eigenvalue weighted by atomic mass is 9.75. The number of hydrogen-bond donors (Lipinski definition) is 0. The zero-order valence-electron chi connectivity index (χ0n) is 28.0. The van der Waals surface area contributed by atoms with Gasteiger partial charge in [0, 0.05) is 11.5 Å². The number of benzene rings is 1. The van der Waals surface area contributed by atoms with Gasteiger partial charge in [0.2, 0.25) is 0 Å². The second-order valence-corrected chi connectivity index (χ2v) is 14.9. The number of carbonyl (C=O) groups excluding carboxylic acids is 2. The molecule has 45 heavy (non-hydrogen) atoms. The Kier molecular flexibility index (Phi) is 9.76. The van der Waals surface area contributed by atoms with Gasteiger partial charge in [-0.2, -0.15) is 0 Å². The molecule has 9 nitrogen and oxygen atoms in total. The fourth-order valence-corrected chi connectivity index (χ4v) is 7.69. The van der Waals surface area contributed by atoms with Crippen molar-refractivity contribution in [2.24, 2.45) is 35.5 Å². The number of rotatable bonds is 6. The van der Waals surface area contributed by atoms with Crippen molar-refractivity contribution in [3.05, 3.63) is 40.2 Å². The Bertz CT molecular complexity index is 1430. The zero-order valence-corrected chi connectivity index (χ0v) is 28.0. The lowest BCUT2D eigenvalue weighted by Crippen LogP contribution is -2.52. The molecule has 0 saturated heterocycles. The minimum Gasteiger partial charge on any atom is -0.483 e. The Balaban J connectivity index is 1.47. The summed E-state index contributed by atoms with van der Waals surface area (Å²) in [6.07, 6.45) is 0.978. The molecule has 2 fully saturated rings. The first kappa shape index (κ1) is 33.1. The maximum Gasteiger partial charge on any atom is 0.509 e. The molecule has 0 radical (unpaired) electrons. The lowest BCUT2D eigenvalue weighted by molar-refractivity contribution is -0.149. The third-order valence-electron chi connectivity index (χ3n) is 10.3. The average Bonchev–Trinajstić information content (AvgIpc) is 2.94. The summed E-state index contributed by atoms with van der Waals surface area (Å²) < 4.78 is 36.2. The number of fused-ring (bicyclic) bond motifs is 3. The quantitative estimate of drug-likeness (QED) is 0.230. The Morgan fingerprint density at radius 2 is 1.31 bits per heavy atom. The van der Waals surface area contributed by atoms with Crippen LogP contribution >= 0.6 is 0 Å². The van der Waals surface area contributed by atoms with E-state index in [0.717, 1.165) is 38.5 Å². The van der Waals surface area contributed by atoms with E-state index >= 15 is 0 Å². The molecular formula is C36H50O9. The molecule has 0 spiro atoms. The fraction of sp³-hybridized carbons (Fsp3) is 0.694. The molecule has 0 N–H and O–H groups in total. The topological polar surface area (TPSA) is 111 Å².